The predicted molar refractivity (Wildman–Crippen MR) is 145 cm³/mol. The molecule has 7 fully saturated rings. The zero-order valence-electron chi connectivity index (χ0n) is 24.9. The number of ketones is 2. The van der Waals surface area contributed by atoms with Crippen LogP contribution in [0.5, 0.6) is 0 Å². The fourth-order valence-electron chi connectivity index (χ4n) is 15.0. The van der Waals surface area contributed by atoms with Crippen LogP contribution in [0.1, 0.15) is 99.8 Å². The Labute approximate surface area is 233 Å². The number of nitriles is 1. The van der Waals surface area contributed by atoms with Gasteiger partial charge in [-0.05, 0) is 78.4 Å². The van der Waals surface area contributed by atoms with Gasteiger partial charge >= 0.3 is 0 Å². The first-order chi connectivity index (χ1) is 18.0. The van der Waals surface area contributed by atoms with Gasteiger partial charge in [0, 0.05) is 41.1 Å². The van der Waals surface area contributed by atoms with Crippen LogP contribution in [0.15, 0.2) is 11.6 Å². The number of hydrogen-bond donors (Lipinski definition) is 1. The van der Waals surface area contributed by atoms with E-state index >= 15 is 0 Å². The number of ether oxygens (including phenoxy) is 1. The molecule has 8 aliphatic rings. The summed E-state index contributed by atoms with van der Waals surface area (Å²) in [6, 6.07) is 2.23. The number of rotatable bonds is 1. The number of hydrogen-bond acceptors (Lipinski definition) is 5. The smallest absolute Gasteiger partial charge is 0.178 e. The summed E-state index contributed by atoms with van der Waals surface area (Å²) in [6.45, 7) is 16.0. The Morgan fingerprint density at radius 3 is 2.36 bits per heavy atom. The van der Waals surface area contributed by atoms with Crippen molar-refractivity contribution in [3.8, 4) is 6.07 Å². The molecule has 8 rings (SSSR count). The molecule has 0 aromatic carbocycles. The Morgan fingerprint density at radius 1 is 0.974 bits per heavy atom. The molecule has 7 aliphatic carbocycles. The van der Waals surface area contributed by atoms with Gasteiger partial charge in [0.15, 0.2) is 11.6 Å². The Kier molecular flexibility index (Phi) is 4.07. The van der Waals surface area contributed by atoms with E-state index in [0.29, 0.717) is 12.3 Å². The van der Waals surface area contributed by atoms with Gasteiger partial charge in [-0.1, -0.05) is 54.5 Å². The molecule has 0 aromatic rings. The molecule has 11 atom stereocenters. The van der Waals surface area contributed by atoms with Gasteiger partial charge in [-0.3, -0.25) is 9.59 Å². The first-order valence-corrected chi connectivity index (χ1v) is 15.5. The highest BCUT2D eigenvalue weighted by Crippen LogP contribution is 2.95. The van der Waals surface area contributed by atoms with E-state index in [1.807, 2.05) is 19.9 Å². The largest absolute Gasteiger partial charge is 0.396 e. The minimum Gasteiger partial charge on any atom is -0.396 e. The van der Waals surface area contributed by atoms with E-state index in [9.17, 15) is 20.0 Å². The van der Waals surface area contributed by atoms with Gasteiger partial charge in [0.1, 0.15) is 11.7 Å². The molecular weight excluding hydrogens is 486 g/mol. The molecule has 0 amide bonds. The molecule has 0 radical (unpaired) electrons. The Hall–Kier alpha value is -1.51. The van der Waals surface area contributed by atoms with Crippen LogP contribution in [0, 0.1) is 72.9 Å². The molecule has 210 valence electrons. The quantitative estimate of drug-likeness (QED) is 0.462. The summed E-state index contributed by atoms with van der Waals surface area (Å²) in [4.78, 5) is 28.1. The van der Waals surface area contributed by atoms with Crippen molar-refractivity contribution in [2.75, 3.05) is 6.61 Å². The van der Waals surface area contributed by atoms with Crippen LogP contribution in [0.2, 0.25) is 0 Å². The average Bonchev–Trinajstić information content (AvgIpc) is 2.82. The number of Topliss-reactive ketones (excluding diaryl/α,β-unsaturated/α-hetero) is 2. The molecule has 1 saturated heterocycles. The van der Waals surface area contributed by atoms with Crippen molar-refractivity contribution >= 4 is 11.6 Å². The molecule has 3 spiro atoms. The second-order valence-corrected chi connectivity index (χ2v) is 17.7. The summed E-state index contributed by atoms with van der Waals surface area (Å²) in [5.41, 5.74) is -1.91. The summed E-state index contributed by atoms with van der Waals surface area (Å²) in [5, 5.41) is 20.6. The topological polar surface area (TPSA) is 87.4 Å². The van der Waals surface area contributed by atoms with Gasteiger partial charge < -0.3 is 9.84 Å². The Bertz CT molecular complexity index is 1350. The highest BCUT2D eigenvalue weighted by Gasteiger charge is 2.99. The molecule has 1 N–H and O–H groups in total. The molecule has 5 heteroatoms. The van der Waals surface area contributed by atoms with Crippen molar-refractivity contribution in [2.45, 2.75) is 111 Å². The average molecular weight is 532 g/mol. The van der Waals surface area contributed by atoms with Crippen LogP contribution < -0.4 is 0 Å². The van der Waals surface area contributed by atoms with Crippen LogP contribution in [-0.2, 0) is 14.3 Å². The molecule has 39 heavy (non-hydrogen) atoms. The molecule has 0 bridgehead atoms. The minimum absolute atomic E-state index is 0.0393. The minimum atomic E-state index is -0.729. The number of carbonyl (C=O) groups is 2. The third-order valence-electron chi connectivity index (χ3n) is 15.6. The van der Waals surface area contributed by atoms with Crippen molar-refractivity contribution in [3.63, 3.8) is 0 Å². The highest BCUT2D eigenvalue weighted by atomic mass is 16.6. The number of aliphatic hydroxyl groups is 1. The third kappa shape index (κ3) is 2.11. The normalized spacial score (nSPS) is 60.3. The van der Waals surface area contributed by atoms with Crippen LogP contribution in [0.3, 0.4) is 0 Å². The summed E-state index contributed by atoms with van der Waals surface area (Å²) >= 11 is 0. The maximum absolute atomic E-state index is 14.8. The lowest BCUT2D eigenvalue weighted by molar-refractivity contribution is -0.560. The maximum Gasteiger partial charge on any atom is 0.178 e. The van der Waals surface area contributed by atoms with Crippen LogP contribution in [0.4, 0.5) is 0 Å². The SMILES string of the molecule is CC1(C)CC2(CO)CC34CC[C@]5(C)C6(OC(C1)(C23)C46)C(=O)C[C@@H]1C2(C)C=C(C#N)C(=O)C(C)(C)[C@@H]2CCC15C. The van der Waals surface area contributed by atoms with E-state index in [1.54, 1.807) is 0 Å². The molecule has 1 aliphatic heterocycles. The fraction of sp³-hybridized carbons (Fsp3) is 0.853. The lowest BCUT2D eigenvalue weighted by Crippen LogP contribution is -3.01. The van der Waals surface area contributed by atoms with Gasteiger partial charge in [0.2, 0.25) is 0 Å². The van der Waals surface area contributed by atoms with E-state index in [4.69, 9.17) is 4.74 Å². The zero-order chi connectivity index (χ0) is 28.0. The van der Waals surface area contributed by atoms with E-state index < -0.39 is 11.0 Å². The van der Waals surface area contributed by atoms with Gasteiger partial charge in [0.25, 0.3) is 0 Å². The predicted octanol–water partition coefficient (Wildman–Crippen LogP) is 5.80. The van der Waals surface area contributed by atoms with Crippen molar-refractivity contribution in [2.24, 2.45) is 61.6 Å². The van der Waals surface area contributed by atoms with Gasteiger partial charge in [0.05, 0.1) is 11.2 Å². The summed E-state index contributed by atoms with van der Waals surface area (Å²) < 4.78 is 7.37. The van der Waals surface area contributed by atoms with Gasteiger partial charge in [-0.2, -0.15) is 5.26 Å². The lowest BCUT2D eigenvalue weighted by Gasteiger charge is -2.96. The monoisotopic (exact) mass is 531 g/mol. The number of carbonyl (C=O) groups excluding carboxylic acids is 2. The van der Waals surface area contributed by atoms with Crippen LogP contribution in [0.25, 0.3) is 0 Å². The van der Waals surface area contributed by atoms with Crippen molar-refractivity contribution in [1.82, 2.24) is 0 Å². The van der Waals surface area contributed by atoms with E-state index in [0.717, 1.165) is 44.9 Å². The highest BCUT2D eigenvalue weighted by molar-refractivity contribution is 6.04. The summed E-state index contributed by atoms with van der Waals surface area (Å²) in [5.74, 6) is 1.11. The Morgan fingerprint density at radius 2 is 1.69 bits per heavy atom. The summed E-state index contributed by atoms with van der Waals surface area (Å²) in [7, 11) is 0. The van der Waals surface area contributed by atoms with Crippen molar-refractivity contribution in [3.05, 3.63) is 11.6 Å². The number of aliphatic hydroxyl groups excluding tert-OH is 1. The molecule has 8 unspecified atom stereocenters. The van der Waals surface area contributed by atoms with E-state index in [2.05, 4.69) is 40.7 Å². The second kappa shape index (κ2) is 6.29. The molecule has 6 saturated carbocycles. The molecule has 5 nitrogen and oxygen atoms in total. The van der Waals surface area contributed by atoms with Crippen LogP contribution >= 0.6 is 0 Å². The van der Waals surface area contributed by atoms with Crippen molar-refractivity contribution < 1.29 is 19.4 Å². The molecular formula is C34H45NO4. The van der Waals surface area contributed by atoms with Gasteiger partial charge in [-0.15, -0.1) is 0 Å². The Balaban J connectivity index is 1.26. The third-order valence-corrected chi connectivity index (χ3v) is 15.6. The van der Waals surface area contributed by atoms with Crippen molar-refractivity contribution in [1.29, 1.82) is 5.26 Å². The first-order valence-electron chi connectivity index (χ1n) is 15.5. The summed E-state index contributed by atoms with van der Waals surface area (Å²) in [6.07, 6.45) is 9.60. The molecule has 0 aromatic heterocycles. The van der Waals surface area contributed by atoms with Crippen LogP contribution in [-0.4, -0.2) is 34.5 Å². The molecule has 1 heterocycles. The standard InChI is InChI=1S/C34H45NO4/c1-26(2)15-31(18-36)17-32-11-10-30(7)29(6)9-8-20-27(3,4)23(38)19(14-35)13-28(20,5)21(29)12-22(37)34(30)25(32)33(16-26,39-34)24(31)32/h13,20-21,24-25,36H,8-12,15-18H2,1-7H3/t20-,21+,24?,25?,28?,29?,30-,31?,32?,33?,34?/m0/s1. The van der Waals surface area contributed by atoms with E-state index in [-0.39, 0.29) is 79.6 Å². The zero-order valence-corrected chi connectivity index (χ0v) is 24.9. The number of nitrogens with zero attached hydrogens (tertiary/aromatic N) is 1. The number of fused-ring (bicyclic) bond motifs is 4. The van der Waals surface area contributed by atoms with E-state index in [1.165, 1.54) is 0 Å². The maximum atomic E-state index is 14.8. The van der Waals surface area contributed by atoms with Gasteiger partial charge in [-0.25, -0.2) is 0 Å². The number of allylic oxidation sites excluding steroid dienone is 2. The second-order valence-electron chi connectivity index (χ2n) is 17.7. The lowest BCUT2D eigenvalue weighted by atomic mass is 9.13. The fourth-order valence-corrected chi connectivity index (χ4v) is 15.0. The first kappa shape index (κ1) is 25.2.